The number of nitrogens with zero attached hydrogens (tertiary/aromatic N) is 3. The molecule has 0 saturated carbocycles. The zero-order chi connectivity index (χ0) is 28.3. The summed E-state index contributed by atoms with van der Waals surface area (Å²) < 4.78 is 11.2. The van der Waals surface area contributed by atoms with Gasteiger partial charge in [-0.2, -0.15) is 0 Å². The first-order chi connectivity index (χ1) is 19.2. The zero-order valence-electron chi connectivity index (χ0n) is 23.4. The van der Waals surface area contributed by atoms with Gasteiger partial charge in [0.1, 0.15) is 17.2 Å². The molecule has 1 aliphatic rings. The Labute approximate surface area is 234 Å². The van der Waals surface area contributed by atoms with Crippen molar-refractivity contribution in [3.8, 4) is 17.1 Å². The first kappa shape index (κ1) is 27.2. The summed E-state index contributed by atoms with van der Waals surface area (Å²) in [7, 11) is 1.61. The van der Waals surface area contributed by atoms with Crippen molar-refractivity contribution in [2.24, 2.45) is 0 Å². The van der Waals surface area contributed by atoms with Gasteiger partial charge < -0.3 is 24.7 Å². The van der Waals surface area contributed by atoms with Gasteiger partial charge in [-0.05, 0) is 57.2 Å². The maximum Gasteiger partial charge on any atom is 0.410 e. The van der Waals surface area contributed by atoms with Crippen LogP contribution in [0.15, 0.2) is 66.7 Å². The number of H-pyrrole nitrogens is 1. The van der Waals surface area contributed by atoms with E-state index < -0.39 is 5.60 Å². The minimum atomic E-state index is -0.509. The fourth-order valence-corrected chi connectivity index (χ4v) is 4.75. The van der Waals surface area contributed by atoms with E-state index in [2.05, 4.69) is 20.2 Å². The molecule has 5 rings (SSSR count). The molecule has 9 heteroatoms. The van der Waals surface area contributed by atoms with Crippen molar-refractivity contribution in [2.75, 3.05) is 38.6 Å². The number of rotatable bonds is 6. The number of ether oxygens (including phenoxy) is 2. The minimum absolute atomic E-state index is 0.237. The van der Waals surface area contributed by atoms with Crippen molar-refractivity contribution in [1.82, 2.24) is 19.8 Å². The molecule has 208 valence electrons. The van der Waals surface area contributed by atoms with Crippen LogP contribution in [-0.4, -0.2) is 70.7 Å². The normalized spacial score (nSPS) is 14.2. The Balaban J connectivity index is 1.25. The molecule has 0 spiro atoms. The van der Waals surface area contributed by atoms with Crippen molar-refractivity contribution < 1.29 is 19.1 Å². The highest BCUT2D eigenvalue weighted by molar-refractivity contribution is 6.06. The van der Waals surface area contributed by atoms with E-state index in [1.54, 1.807) is 18.1 Å². The summed E-state index contributed by atoms with van der Waals surface area (Å²) in [6, 6.07) is 20.9. The van der Waals surface area contributed by atoms with Crippen LogP contribution in [0.4, 0.5) is 10.5 Å². The number of anilines is 1. The predicted molar refractivity (Wildman–Crippen MR) is 156 cm³/mol. The second-order valence-electron chi connectivity index (χ2n) is 10.9. The molecule has 4 aromatic rings. The van der Waals surface area contributed by atoms with E-state index >= 15 is 0 Å². The lowest BCUT2D eigenvalue weighted by molar-refractivity contribution is 0.0138. The van der Waals surface area contributed by atoms with Crippen LogP contribution in [0.3, 0.4) is 0 Å². The lowest BCUT2D eigenvalue weighted by atomic mass is 10.1. The number of hydrogen-bond donors (Lipinski definition) is 2. The van der Waals surface area contributed by atoms with E-state index in [1.165, 1.54) is 0 Å². The first-order valence-electron chi connectivity index (χ1n) is 13.4. The largest absolute Gasteiger partial charge is 0.496 e. The molecular weight excluding hydrogens is 506 g/mol. The second-order valence-corrected chi connectivity index (χ2v) is 10.9. The van der Waals surface area contributed by atoms with Gasteiger partial charge in [-0.25, -0.2) is 9.78 Å². The third-order valence-corrected chi connectivity index (χ3v) is 6.79. The van der Waals surface area contributed by atoms with Gasteiger partial charge in [-0.15, -0.1) is 0 Å². The maximum atomic E-state index is 13.3. The Morgan fingerprint density at radius 3 is 2.42 bits per heavy atom. The van der Waals surface area contributed by atoms with Gasteiger partial charge in [0.05, 0.1) is 23.8 Å². The molecule has 0 unspecified atom stereocenters. The number of piperazine rings is 1. The fourth-order valence-electron chi connectivity index (χ4n) is 4.75. The quantitative estimate of drug-likeness (QED) is 0.332. The number of hydrogen-bond acceptors (Lipinski definition) is 6. The van der Waals surface area contributed by atoms with Crippen LogP contribution in [0.2, 0.25) is 0 Å². The van der Waals surface area contributed by atoms with Gasteiger partial charge in [0.25, 0.3) is 5.91 Å². The number of benzene rings is 3. The number of para-hydroxylation sites is 3. The number of fused-ring (bicyclic) bond motifs is 1. The molecule has 1 saturated heterocycles. The molecule has 2 amide bonds. The Kier molecular flexibility index (Phi) is 7.75. The summed E-state index contributed by atoms with van der Waals surface area (Å²) in [5, 5.41) is 3.04. The third kappa shape index (κ3) is 6.26. The van der Waals surface area contributed by atoms with E-state index in [1.807, 2.05) is 81.4 Å². The van der Waals surface area contributed by atoms with Gasteiger partial charge in [0.15, 0.2) is 0 Å². The molecule has 0 aliphatic carbocycles. The number of carbonyl (C=O) groups excluding carboxylic acids is 2. The van der Waals surface area contributed by atoms with E-state index in [0.29, 0.717) is 42.5 Å². The Bertz CT molecular complexity index is 1480. The predicted octanol–water partition coefficient (Wildman–Crippen LogP) is 5.54. The maximum absolute atomic E-state index is 13.3. The molecule has 2 N–H and O–H groups in total. The van der Waals surface area contributed by atoms with Crippen molar-refractivity contribution >= 4 is 28.7 Å². The fraction of sp³-hybridized carbons (Fsp3) is 0.323. The van der Waals surface area contributed by atoms with Crippen molar-refractivity contribution in [3.63, 3.8) is 0 Å². The average Bonchev–Trinajstić information content (AvgIpc) is 3.37. The highest BCUT2D eigenvalue weighted by Gasteiger charge is 2.26. The zero-order valence-corrected chi connectivity index (χ0v) is 23.4. The van der Waals surface area contributed by atoms with Crippen LogP contribution in [0.25, 0.3) is 22.4 Å². The minimum Gasteiger partial charge on any atom is -0.496 e. The van der Waals surface area contributed by atoms with Gasteiger partial charge in [0.2, 0.25) is 0 Å². The van der Waals surface area contributed by atoms with Crippen molar-refractivity contribution in [2.45, 2.75) is 32.9 Å². The van der Waals surface area contributed by atoms with E-state index in [0.717, 1.165) is 35.2 Å². The molecule has 0 radical (unpaired) electrons. The molecule has 1 aromatic heterocycles. The molecule has 0 bridgehead atoms. The SMILES string of the molecule is COc1cc(C(=O)Nc2ccccc2-c2nc3ccccc3[nH]2)ccc1CN1CCN(C(=O)OC(C)(C)C)CC1. The lowest BCUT2D eigenvalue weighted by Crippen LogP contribution is -2.49. The molecule has 1 fully saturated rings. The van der Waals surface area contributed by atoms with Crippen LogP contribution in [0.1, 0.15) is 36.7 Å². The van der Waals surface area contributed by atoms with Gasteiger partial charge >= 0.3 is 6.09 Å². The molecule has 2 heterocycles. The Morgan fingerprint density at radius 2 is 1.70 bits per heavy atom. The first-order valence-corrected chi connectivity index (χ1v) is 13.4. The second kappa shape index (κ2) is 11.4. The topological polar surface area (TPSA) is 99.8 Å². The average molecular weight is 542 g/mol. The van der Waals surface area contributed by atoms with Crippen molar-refractivity contribution in [1.29, 1.82) is 0 Å². The van der Waals surface area contributed by atoms with Crippen molar-refractivity contribution in [3.05, 3.63) is 77.9 Å². The van der Waals surface area contributed by atoms with Crippen LogP contribution in [0.5, 0.6) is 5.75 Å². The van der Waals surface area contributed by atoms with Crippen LogP contribution >= 0.6 is 0 Å². The number of imidazole rings is 1. The van der Waals surface area contributed by atoms with Gasteiger partial charge in [-0.1, -0.05) is 30.3 Å². The molecule has 9 nitrogen and oxygen atoms in total. The smallest absolute Gasteiger partial charge is 0.410 e. The summed E-state index contributed by atoms with van der Waals surface area (Å²) in [6.45, 7) is 8.92. The number of amides is 2. The highest BCUT2D eigenvalue weighted by atomic mass is 16.6. The Morgan fingerprint density at radius 1 is 0.975 bits per heavy atom. The molecule has 40 heavy (non-hydrogen) atoms. The Hall–Kier alpha value is -4.37. The monoisotopic (exact) mass is 541 g/mol. The molecule has 1 aliphatic heterocycles. The number of methoxy groups -OCH3 is 1. The van der Waals surface area contributed by atoms with E-state index in [9.17, 15) is 9.59 Å². The number of aromatic amines is 1. The number of nitrogens with one attached hydrogen (secondary N) is 2. The summed E-state index contributed by atoms with van der Waals surface area (Å²) >= 11 is 0. The summed E-state index contributed by atoms with van der Waals surface area (Å²) in [5.74, 6) is 1.10. The number of aromatic nitrogens is 2. The van der Waals surface area contributed by atoms with E-state index in [4.69, 9.17) is 9.47 Å². The van der Waals surface area contributed by atoms with Crippen LogP contribution in [-0.2, 0) is 11.3 Å². The molecule has 3 aromatic carbocycles. The number of carbonyl (C=O) groups is 2. The summed E-state index contributed by atoms with van der Waals surface area (Å²) in [5.41, 5.74) is 4.24. The van der Waals surface area contributed by atoms with Gasteiger partial charge in [-0.3, -0.25) is 9.69 Å². The van der Waals surface area contributed by atoms with Crippen LogP contribution < -0.4 is 10.1 Å². The third-order valence-electron chi connectivity index (χ3n) is 6.79. The summed E-state index contributed by atoms with van der Waals surface area (Å²) in [4.78, 5) is 37.7. The molecular formula is C31H35N5O4. The standard InChI is InChI=1S/C31H35N5O4/c1-31(2,3)40-30(38)36-17-15-35(16-18-36)20-22-14-13-21(19-27(22)39-4)29(37)34-24-10-6-5-9-23(24)28-32-25-11-7-8-12-26(25)33-28/h5-14,19H,15-18,20H2,1-4H3,(H,32,33)(H,34,37). The van der Waals surface area contributed by atoms with Gasteiger partial charge in [0, 0.05) is 49.4 Å². The lowest BCUT2D eigenvalue weighted by Gasteiger charge is -2.35. The summed E-state index contributed by atoms with van der Waals surface area (Å²) in [6.07, 6.45) is -0.276. The highest BCUT2D eigenvalue weighted by Crippen LogP contribution is 2.29. The van der Waals surface area contributed by atoms with E-state index in [-0.39, 0.29) is 12.0 Å². The van der Waals surface area contributed by atoms with Crippen LogP contribution in [0, 0.1) is 0 Å². The molecule has 0 atom stereocenters.